The maximum atomic E-state index is 12.3. The summed E-state index contributed by atoms with van der Waals surface area (Å²) in [6, 6.07) is 5.35. The summed E-state index contributed by atoms with van der Waals surface area (Å²) in [6.45, 7) is 3.94. The van der Waals surface area contributed by atoms with Crippen molar-refractivity contribution in [3.05, 3.63) is 33.8 Å². The Bertz CT molecular complexity index is 447. The molecular formula is C14H18BrF2NO. The highest BCUT2D eigenvalue weighted by molar-refractivity contribution is 9.10. The zero-order valence-electron chi connectivity index (χ0n) is 11.2. The third-order valence-corrected chi connectivity index (χ3v) is 2.87. The molecule has 0 atom stereocenters. The molecule has 0 aliphatic carbocycles. The first-order chi connectivity index (χ1) is 8.88. The molecule has 0 aliphatic heterocycles. The van der Waals surface area contributed by atoms with Gasteiger partial charge >= 0.3 is 6.61 Å². The van der Waals surface area contributed by atoms with E-state index in [1.807, 2.05) is 13.0 Å². The van der Waals surface area contributed by atoms with Gasteiger partial charge in [0.2, 0.25) is 0 Å². The van der Waals surface area contributed by atoms with E-state index >= 15 is 0 Å². The first-order valence-electron chi connectivity index (χ1n) is 6.03. The van der Waals surface area contributed by atoms with E-state index in [9.17, 15) is 8.78 Å². The molecule has 0 heterocycles. The molecule has 0 fully saturated rings. The molecule has 19 heavy (non-hydrogen) atoms. The Labute approximate surface area is 121 Å². The average molecular weight is 334 g/mol. The molecule has 1 N–H and O–H groups in total. The van der Waals surface area contributed by atoms with Gasteiger partial charge < -0.3 is 10.1 Å². The fraction of sp³-hybridized carbons (Fsp3) is 0.429. The average Bonchev–Trinajstić information content (AvgIpc) is 2.29. The molecule has 0 amide bonds. The monoisotopic (exact) mass is 333 g/mol. The van der Waals surface area contributed by atoms with Crippen LogP contribution in [-0.2, 0) is 0 Å². The van der Waals surface area contributed by atoms with Crippen LogP contribution in [0.5, 0.6) is 5.75 Å². The molecule has 1 rings (SSSR count). The summed E-state index contributed by atoms with van der Waals surface area (Å²) >= 11 is 3.33. The third kappa shape index (κ3) is 6.16. The zero-order chi connectivity index (χ0) is 14.4. The van der Waals surface area contributed by atoms with Crippen LogP contribution in [0.1, 0.15) is 26.3 Å². The van der Waals surface area contributed by atoms with Crippen molar-refractivity contribution < 1.29 is 13.5 Å². The van der Waals surface area contributed by atoms with Gasteiger partial charge in [-0.25, -0.2) is 0 Å². The number of hydrogen-bond acceptors (Lipinski definition) is 2. The molecule has 1 aromatic rings. The lowest BCUT2D eigenvalue weighted by molar-refractivity contribution is -0.0500. The molecular weight excluding hydrogens is 316 g/mol. The van der Waals surface area contributed by atoms with Gasteiger partial charge in [-0.05, 0) is 25.1 Å². The van der Waals surface area contributed by atoms with Crippen LogP contribution >= 0.6 is 15.9 Å². The fourth-order valence-corrected chi connectivity index (χ4v) is 1.90. The second kappa shape index (κ2) is 7.60. The highest BCUT2D eigenvalue weighted by Crippen LogP contribution is 2.26. The Balaban J connectivity index is 2.90. The normalized spacial score (nSPS) is 12.3. The van der Waals surface area contributed by atoms with Crippen molar-refractivity contribution in [2.45, 2.75) is 33.4 Å². The quantitative estimate of drug-likeness (QED) is 0.830. The van der Waals surface area contributed by atoms with Crippen LogP contribution in [0, 0.1) is 0 Å². The first-order valence-corrected chi connectivity index (χ1v) is 6.82. The summed E-state index contributed by atoms with van der Waals surface area (Å²) in [5, 5.41) is 3.27. The molecule has 106 valence electrons. The second-order valence-electron chi connectivity index (χ2n) is 4.59. The standard InChI is InChI=1S/C14H18BrF2NO/c1-9(2)18-8-10(3)6-11-7-12(15)4-5-13(11)19-14(16)17/h4-7,9,14,18H,8H2,1-3H3. The van der Waals surface area contributed by atoms with Gasteiger partial charge in [-0.15, -0.1) is 0 Å². The van der Waals surface area contributed by atoms with Gasteiger partial charge in [0.1, 0.15) is 5.75 Å². The van der Waals surface area contributed by atoms with Gasteiger partial charge in [0, 0.05) is 22.6 Å². The maximum Gasteiger partial charge on any atom is 0.387 e. The van der Waals surface area contributed by atoms with E-state index in [-0.39, 0.29) is 5.75 Å². The molecule has 0 bridgehead atoms. The van der Waals surface area contributed by atoms with Gasteiger partial charge in [-0.2, -0.15) is 8.78 Å². The van der Waals surface area contributed by atoms with Gasteiger partial charge in [0.05, 0.1) is 0 Å². The van der Waals surface area contributed by atoms with Crippen LogP contribution in [-0.4, -0.2) is 19.2 Å². The minimum atomic E-state index is -2.82. The summed E-state index contributed by atoms with van der Waals surface area (Å²) < 4.78 is 30.0. The number of ether oxygens (including phenoxy) is 1. The summed E-state index contributed by atoms with van der Waals surface area (Å²) in [5.74, 6) is 0.182. The van der Waals surface area contributed by atoms with Crippen LogP contribution in [0.2, 0.25) is 0 Å². The van der Waals surface area contributed by atoms with Crippen LogP contribution in [0.25, 0.3) is 6.08 Å². The van der Waals surface area contributed by atoms with Crippen molar-refractivity contribution in [1.82, 2.24) is 5.32 Å². The largest absolute Gasteiger partial charge is 0.434 e. The second-order valence-corrected chi connectivity index (χ2v) is 5.50. The third-order valence-electron chi connectivity index (χ3n) is 2.38. The molecule has 0 aliphatic rings. The summed E-state index contributed by atoms with van der Waals surface area (Å²) in [5.41, 5.74) is 1.68. The van der Waals surface area contributed by atoms with Crippen molar-refractivity contribution in [3.8, 4) is 5.75 Å². The Morgan fingerprint density at radius 2 is 2.11 bits per heavy atom. The van der Waals surface area contributed by atoms with Crippen LogP contribution in [0.4, 0.5) is 8.78 Å². The Hall–Kier alpha value is -0.940. The molecule has 0 spiro atoms. The predicted molar refractivity (Wildman–Crippen MR) is 77.6 cm³/mol. The molecule has 0 aromatic heterocycles. The molecule has 1 aromatic carbocycles. The molecule has 0 saturated carbocycles. The van der Waals surface area contributed by atoms with Gasteiger partial charge in [0.15, 0.2) is 0 Å². The van der Waals surface area contributed by atoms with Gasteiger partial charge in [0.25, 0.3) is 0 Å². The van der Waals surface area contributed by atoms with Crippen molar-refractivity contribution in [2.75, 3.05) is 6.54 Å². The smallest absolute Gasteiger partial charge is 0.387 e. The molecule has 0 saturated heterocycles. The summed E-state index contributed by atoms with van der Waals surface area (Å²) in [6.07, 6.45) is 1.85. The first kappa shape index (κ1) is 16.1. The Morgan fingerprint density at radius 3 is 2.68 bits per heavy atom. The van der Waals surface area contributed by atoms with Crippen molar-refractivity contribution in [3.63, 3.8) is 0 Å². The Morgan fingerprint density at radius 1 is 1.42 bits per heavy atom. The number of rotatable bonds is 6. The molecule has 0 unspecified atom stereocenters. The van der Waals surface area contributed by atoms with E-state index in [1.165, 1.54) is 6.07 Å². The van der Waals surface area contributed by atoms with E-state index in [0.717, 1.165) is 10.0 Å². The lowest BCUT2D eigenvalue weighted by atomic mass is 10.1. The Kier molecular flexibility index (Phi) is 6.45. The minimum absolute atomic E-state index is 0.182. The van der Waals surface area contributed by atoms with E-state index in [1.54, 1.807) is 12.1 Å². The lowest BCUT2D eigenvalue weighted by Crippen LogP contribution is -2.24. The van der Waals surface area contributed by atoms with Gasteiger partial charge in [-0.3, -0.25) is 0 Å². The SMILES string of the molecule is CC(=Cc1cc(Br)ccc1OC(F)F)CNC(C)C. The van der Waals surface area contributed by atoms with Crippen molar-refractivity contribution in [2.24, 2.45) is 0 Å². The summed E-state index contributed by atoms with van der Waals surface area (Å²) in [4.78, 5) is 0. The molecule has 5 heteroatoms. The lowest BCUT2D eigenvalue weighted by Gasteiger charge is -2.11. The van der Waals surface area contributed by atoms with Crippen LogP contribution in [0.3, 0.4) is 0 Å². The van der Waals surface area contributed by atoms with Crippen molar-refractivity contribution in [1.29, 1.82) is 0 Å². The molecule has 0 radical (unpaired) electrons. The van der Waals surface area contributed by atoms with Gasteiger partial charge in [-0.1, -0.05) is 41.4 Å². The maximum absolute atomic E-state index is 12.3. The number of hydrogen-bond donors (Lipinski definition) is 1. The van der Waals surface area contributed by atoms with E-state index in [0.29, 0.717) is 18.2 Å². The fourth-order valence-electron chi connectivity index (χ4n) is 1.52. The highest BCUT2D eigenvalue weighted by Gasteiger charge is 2.09. The molecule has 2 nitrogen and oxygen atoms in total. The van der Waals surface area contributed by atoms with E-state index in [2.05, 4.69) is 39.8 Å². The van der Waals surface area contributed by atoms with Crippen LogP contribution in [0.15, 0.2) is 28.2 Å². The van der Waals surface area contributed by atoms with Crippen LogP contribution < -0.4 is 10.1 Å². The highest BCUT2D eigenvalue weighted by atomic mass is 79.9. The topological polar surface area (TPSA) is 21.3 Å². The number of alkyl halides is 2. The number of nitrogens with one attached hydrogen (secondary N) is 1. The predicted octanol–water partition coefficient (Wildman–Crippen LogP) is 4.45. The van der Waals surface area contributed by atoms with Crippen molar-refractivity contribution >= 4 is 22.0 Å². The number of halogens is 3. The number of benzene rings is 1. The van der Waals surface area contributed by atoms with E-state index < -0.39 is 6.61 Å². The minimum Gasteiger partial charge on any atom is -0.434 e. The van der Waals surface area contributed by atoms with E-state index in [4.69, 9.17) is 0 Å². The zero-order valence-corrected chi connectivity index (χ0v) is 12.8. The summed E-state index contributed by atoms with van der Waals surface area (Å²) in [7, 11) is 0.